The molecule has 0 atom stereocenters. The third kappa shape index (κ3) is 3.38. The number of carbonyl (C=O) groups is 1. The van der Waals surface area contributed by atoms with E-state index < -0.39 is 5.97 Å². The number of nitrogens with zero attached hydrogens (tertiary/aromatic N) is 5. The molecule has 1 aromatic heterocycles. The first-order valence-corrected chi connectivity index (χ1v) is 6.59. The second kappa shape index (κ2) is 7.26. The van der Waals surface area contributed by atoms with Gasteiger partial charge in [0.05, 0.1) is 12.8 Å². The molecule has 24 heavy (non-hydrogen) atoms. The monoisotopic (exact) mass is 318 g/mol. The Kier molecular flexibility index (Phi) is 4.92. The van der Waals surface area contributed by atoms with Crippen LogP contribution < -0.4 is 5.32 Å². The van der Waals surface area contributed by atoms with Crippen LogP contribution in [0.5, 0.6) is 0 Å². The van der Waals surface area contributed by atoms with Crippen LogP contribution in [0.4, 0.5) is 5.69 Å². The number of ether oxygens (including phenoxy) is 1. The largest absolute Gasteiger partial charge is 0.464 e. The minimum absolute atomic E-state index is 0.125. The SMILES string of the molecule is COC(=O)c1ccn(-c2ccc(NC(C#N)=C(C#N)C#N)cc2)n1. The predicted molar refractivity (Wildman–Crippen MR) is 82.4 cm³/mol. The summed E-state index contributed by atoms with van der Waals surface area (Å²) in [6.07, 6.45) is 1.61. The van der Waals surface area contributed by atoms with Crippen molar-refractivity contribution in [1.82, 2.24) is 9.78 Å². The lowest BCUT2D eigenvalue weighted by Crippen LogP contribution is -2.04. The van der Waals surface area contributed by atoms with Crippen molar-refractivity contribution < 1.29 is 9.53 Å². The van der Waals surface area contributed by atoms with Crippen LogP contribution in [-0.2, 0) is 4.74 Å². The minimum Gasteiger partial charge on any atom is -0.464 e. The first-order valence-electron chi connectivity index (χ1n) is 6.59. The zero-order valence-electron chi connectivity index (χ0n) is 12.5. The summed E-state index contributed by atoms with van der Waals surface area (Å²) in [6, 6.07) is 13.3. The molecule has 0 aliphatic rings. The lowest BCUT2D eigenvalue weighted by atomic mass is 10.2. The fourth-order valence-electron chi connectivity index (χ4n) is 1.81. The molecule has 0 aliphatic heterocycles. The number of benzene rings is 1. The summed E-state index contributed by atoms with van der Waals surface area (Å²) in [5.74, 6) is -0.531. The number of allylic oxidation sites excluding steroid dienone is 2. The molecule has 0 fully saturated rings. The van der Waals surface area contributed by atoms with Crippen LogP contribution in [0.2, 0.25) is 0 Å². The number of esters is 1. The quantitative estimate of drug-likeness (QED) is 0.673. The van der Waals surface area contributed by atoms with Crippen molar-refractivity contribution in [3.05, 3.63) is 53.5 Å². The molecular formula is C16H10N6O2. The number of hydrogen-bond acceptors (Lipinski definition) is 7. The predicted octanol–water partition coefficient (Wildman–Crippen LogP) is 1.90. The average Bonchev–Trinajstić information content (AvgIpc) is 3.11. The maximum Gasteiger partial charge on any atom is 0.358 e. The van der Waals surface area contributed by atoms with E-state index in [0.29, 0.717) is 11.4 Å². The van der Waals surface area contributed by atoms with Crippen molar-refractivity contribution >= 4 is 11.7 Å². The van der Waals surface area contributed by atoms with Gasteiger partial charge in [-0.3, -0.25) is 0 Å². The normalized spacial score (nSPS) is 9.08. The standard InChI is InChI=1S/C16H10N6O2/c1-24-16(23)14-6-7-22(21-14)13-4-2-12(3-5-13)20-15(10-19)11(8-17)9-18/h2-7,20H,1H3. The molecule has 0 spiro atoms. The number of nitriles is 3. The van der Waals surface area contributed by atoms with Gasteiger partial charge in [0, 0.05) is 11.9 Å². The van der Waals surface area contributed by atoms with E-state index in [4.69, 9.17) is 15.8 Å². The Labute approximate surface area is 137 Å². The molecule has 0 saturated heterocycles. The highest BCUT2D eigenvalue weighted by atomic mass is 16.5. The van der Waals surface area contributed by atoms with Crippen LogP contribution in [0, 0.1) is 34.0 Å². The number of nitrogens with one attached hydrogen (secondary N) is 1. The van der Waals surface area contributed by atoms with E-state index in [9.17, 15) is 4.79 Å². The van der Waals surface area contributed by atoms with Gasteiger partial charge in [-0.1, -0.05) is 0 Å². The fourth-order valence-corrected chi connectivity index (χ4v) is 1.81. The zero-order valence-corrected chi connectivity index (χ0v) is 12.5. The molecule has 2 aromatic rings. The van der Waals surface area contributed by atoms with Crippen LogP contribution in [0.15, 0.2) is 47.8 Å². The van der Waals surface area contributed by atoms with Crippen molar-refractivity contribution in [3.8, 4) is 23.9 Å². The van der Waals surface area contributed by atoms with E-state index >= 15 is 0 Å². The van der Waals surface area contributed by atoms with Crippen LogP contribution in [0.1, 0.15) is 10.5 Å². The van der Waals surface area contributed by atoms with E-state index in [1.54, 1.807) is 48.7 Å². The maximum atomic E-state index is 11.4. The van der Waals surface area contributed by atoms with Crippen molar-refractivity contribution in [3.63, 3.8) is 0 Å². The van der Waals surface area contributed by atoms with Gasteiger partial charge in [-0.15, -0.1) is 0 Å². The van der Waals surface area contributed by atoms with Gasteiger partial charge in [-0.05, 0) is 30.3 Å². The van der Waals surface area contributed by atoms with Crippen LogP contribution in [0.3, 0.4) is 0 Å². The number of carbonyl (C=O) groups excluding carboxylic acids is 1. The first-order chi connectivity index (χ1) is 11.6. The summed E-state index contributed by atoms with van der Waals surface area (Å²) < 4.78 is 6.08. The lowest BCUT2D eigenvalue weighted by Gasteiger charge is -2.06. The van der Waals surface area contributed by atoms with Gasteiger partial charge in [-0.25, -0.2) is 9.48 Å². The molecule has 2 rings (SSSR count). The first kappa shape index (κ1) is 16.3. The van der Waals surface area contributed by atoms with Gasteiger partial charge in [-0.2, -0.15) is 20.9 Å². The smallest absolute Gasteiger partial charge is 0.358 e. The van der Waals surface area contributed by atoms with Crippen LogP contribution >= 0.6 is 0 Å². The van der Waals surface area contributed by atoms with Gasteiger partial charge in [0.1, 0.15) is 23.9 Å². The van der Waals surface area contributed by atoms with Crippen LogP contribution in [0.25, 0.3) is 5.69 Å². The number of rotatable bonds is 4. The molecule has 8 nitrogen and oxygen atoms in total. The summed E-state index contributed by atoms with van der Waals surface area (Å²) >= 11 is 0. The van der Waals surface area contributed by atoms with Crippen LogP contribution in [-0.4, -0.2) is 22.9 Å². The van der Waals surface area contributed by atoms with E-state index in [2.05, 4.69) is 15.2 Å². The topological polar surface area (TPSA) is 128 Å². The van der Waals surface area contributed by atoms with Gasteiger partial charge >= 0.3 is 5.97 Å². The highest BCUT2D eigenvalue weighted by molar-refractivity contribution is 5.86. The van der Waals surface area contributed by atoms with Gasteiger partial charge in [0.25, 0.3) is 0 Å². The molecule has 1 aromatic carbocycles. The minimum atomic E-state index is -0.531. The Morgan fingerprint density at radius 2 is 1.79 bits per heavy atom. The average molecular weight is 318 g/mol. The molecule has 1 heterocycles. The molecular weight excluding hydrogens is 308 g/mol. The third-order valence-corrected chi connectivity index (χ3v) is 2.97. The highest BCUT2D eigenvalue weighted by Gasteiger charge is 2.10. The Balaban J connectivity index is 2.23. The molecule has 0 aliphatic carbocycles. The summed E-state index contributed by atoms with van der Waals surface area (Å²) in [5, 5.41) is 33.4. The van der Waals surface area contributed by atoms with E-state index in [0.717, 1.165) is 0 Å². The van der Waals surface area contributed by atoms with E-state index in [1.165, 1.54) is 17.9 Å². The molecule has 1 N–H and O–H groups in total. The molecule has 8 heteroatoms. The number of methoxy groups -OCH3 is 1. The molecule has 116 valence electrons. The third-order valence-electron chi connectivity index (χ3n) is 2.97. The summed E-state index contributed by atoms with van der Waals surface area (Å²) in [5.41, 5.74) is 0.968. The molecule has 0 saturated carbocycles. The summed E-state index contributed by atoms with van der Waals surface area (Å²) in [6.45, 7) is 0. The number of anilines is 1. The molecule has 0 unspecified atom stereocenters. The van der Waals surface area contributed by atoms with Crippen molar-refractivity contribution in [2.24, 2.45) is 0 Å². The van der Waals surface area contributed by atoms with Gasteiger partial charge in [0.15, 0.2) is 11.3 Å². The van der Waals surface area contributed by atoms with E-state index in [1.807, 2.05) is 0 Å². The van der Waals surface area contributed by atoms with Gasteiger partial charge in [0.2, 0.25) is 0 Å². The Bertz CT molecular complexity index is 903. The number of aromatic nitrogens is 2. The summed E-state index contributed by atoms with van der Waals surface area (Å²) in [7, 11) is 1.28. The fraction of sp³-hybridized carbons (Fsp3) is 0.0625. The Morgan fingerprint density at radius 1 is 1.12 bits per heavy atom. The molecule has 0 radical (unpaired) electrons. The van der Waals surface area contributed by atoms with Crippen molar-refractivity contribution in [1.29, 1.82) is 15.8 Å². The maximum absolute atomic E-state index is 11.4. The Hall–Kier alpha value is -4.09. The highest BCUT2D eigenvalue weighted by Crippen LogP contribution is 2.16. The second-order valence-corrected chi connectivity index (χ2v) is 4.39. The summed E-state index contributed by atoms with van der Waals surface area (Å²) in [4.78, 5) is 11.4. The Morgan fingerprint density at radius 3 is 2.33 bits per heavy atom. The molecule has 0 amide bonds. The van der Waals surface area contributed by atoms with Crippen molar-refractivity contribution in [2.45, 2.75) is 0 Å². The zero-order chi connectivity index (χ0) is 17.5. The number of hydrogen-bond donors (Lipinski definition) is 1. The second-order valence-electron chi connectivity index (χ2n) is 4.39. The van der Waals surface area contributed by atoms with Gasteiger partial charge < -0.3 is 10.1 Å². The van der Waals surface area contributed by atoms with E-state index in [-0.39, 0.29) is 17.0 Å². The van der Waals surface area contributed by atoms with Crippen molar-refractivity contribution in [2.75, 3.05) is 12.4 Å². The lowest BCUT2D eigenvalue weighted by molar-refractivity contribution is 0.0593. The molecule has 0 bridgehead atoms.